The van der Waals surface area contributed by atoms with E-state index in [1.54, 1.807) is 18.3 Å². The number of pyridine rings is 1. The van der Waals surface area contributed by atoms with Gasteiger partial charge in [-0.3, -0.25) is 0 Å². The zero-order valence-electron chi connectivity index (χ0n) is 17.3. The number of alkyl halides is 3. The molecule has 8 heteroatoms. The highest BCUT2D eigenvalue weighted by atomic mass is 35.5. The van der Waals surface area contributed by atoms with Gasteiger partial charge in [0, 0.05) is 17.6 Å². The summed E-state index contributed by atoms with van der Waals surface area (Å²) in [5, 5.41) is 0.709. The molecule has 0 spiro atoms. The average molecular weight is 460 g/mol. The van der Waals surface area contributed by atoms with Crippen LogP contribution in [0, 0.1) is 0 Å². The van der Waals surface area contributed by atoms with E-state index in [-0.39, 0.29) is 5.75 Å². The molecule has 0 fully saturated rings. The summed E-state index contributed by atoms with van der Waals surface area (Å²) in [6, 6.07) is 17.5. The summed E-state index contributed by atoms with van der Waals surface area (Å²) in [6.07, 6.45) is -1.39. The van der Waals surface area contributed by atoms with Gasteiger partial charge in [0.1, 0.15) is 17.1 Å². The maximum absolute atomic E-state index is 12.4. The molecule has 4 rings (SSSR count). The number of ether oxygens (including phenoxy) is 1. The Labute approximate surface area is 188 Å². The van der Waals surface area contributed by atoms with Crippen LogP contribution in [0.25, 0.3) is 11.2 Å². The number of rotatable bonds is 7. The standard InChI is InChI=1S/C24H21ClF3N3O/c1-16(18-7-9-19(25)10-8-18)4-13-22-30-21-3-2-14-29-23(21)31(22)15-17-5-11-20(12-6-17)32-24(26,27)28/h2-3,5-12,14,16H,4,13,15H2,1H3. The quantitative estimate of drug-likeness (QED) is 0.306. The van der Waals surface area contributed by atoms with Gasteiger partial charge in [0.25, 0.3) is 0 Å². The molecule has 0 aliphatic carbocycles. The topological polar surface area (TPSA) is 39.9 Å². The van der Waals surface area contributed by atoms with Crippen LogP contribution in [0.5, 0.6) is 5.75 Å². The molecule has 0 aliphatic heterocycles. The number of hydrogen-bond donors (Lipinski definition) is 0. The van der Waals surface area contributed by atoms with Gasteiger partial charge in [0.05, 0.1) is 6.54 Å². The third-order valence-electron chi connectivity index (χ3n) is 5.32. The number of fused-ring (bicyclic) bond motifs is 1. The van der Waals surface area contributed by atoms with Gasteiger partial charge in [-0.1, -0.05) is 42.8 Å². The minimum atomic E-state index is -4.71. The van der Waals surface area contributed by atoms with E-state index in [2.05, 4.69) is 16.6 Å². The Morgan fingerprint density at radius 1 is 1.03 bits per heavy atom. The molecule has 0 radical (unpaired) electrons. The molecular formula is C24H21ClF3N3O. The Morgan fingerprint density at radius 2 is 1.75 bits per heavy atom. The van der Waals surface area contributed by atoms with E-state index in [0.717, 1.165) is 35.4 Å². The molecule has 4 aromatic rings. The molecule has 2 aromatic heterocycles. The molecule has 32 heavy (non-hydrogen) atoms. The number of aryl methyl sites for hydroxylation is 1. The van der Waals surface area contributed by atoms with Crippen molar-refractivity contribution >= 4 is 22.8 Å². The monoisotopic (exact) mass is 459 g/mol. The number of hydrogen-bond acceptors (Lipinski definition) is 3. The first kappa shape index (κ1) is 22.1. The first-order valence-corrected chi connectivity index (χ1v) is 10.6. The fourth-order valence-corrected chi connectivity index (χ4v) is 3.77. The van der Waals surface area contributed by atoms with Gasteiger partial charge in [0.15, 0.2) is 5.65 Å². The zero-order valence-corrected chi connectivity index (χ0v) is 18.1. The van der Waals surface area contributed by atoms with E-state index < -0.39 is 6.36 Å². The number of aromatic nitrogens is 3. The number of imidazole rings is 1. The third-order valence-corrected chi connectivity index (χ3v) is 5.57. The van der Waals surface area contributed by atoms with Crippen LogP contribution in [-0.2, 0) is 13.0 Å². The van der Waals surface area contributed by atoms with Gasteiger partial charge >= 0.3 is 6.36 Å². The lowest BCUT2D eigenvalue weighted by atomic mass is 9.96. The SMILES string of the molecule is CC(CCc1nc2cccnc2n1Cc1ccc(OC(F)(F)F)cc1)c1ccc(Cl)cc1. The maximum Gasteiger partial charge on any atom is 0.573 e. The van der Waals surface area contributed by atoms with Crippen molar-refractivity contribution in [3.05, 3.63) is 88.8 Å². The van der Waals surface area contributed by atoms with Gasteiger partial charge in [-0.2, -0.15) is 0 Å². The lowest BCUT2D eigenvalue weighted by molar-refractivity contribution is -0.274. The van der Waals surface area contributed by atoms with Crippen LogP contribution in [0.2, 0.25) is 5.02 Å². The second-order valence-electron chi connectivity index (χ2n) is 7.64. The number of benzene rings is 2. The van der Waals surface area contributed by atoms with Crippen LogP contribution in [0.3, 0.4) is 0 Å². The molecule has 4 nitrogen and oxygen atoms in total. The Morgan fingerprint density at radius 3 is 2.44 bits per heavy atom. The lowest BCUT2D eigenvalue weighted by Gasteiger charge is -2.14. The van der Waals surface area contributed by atoms with Gasteiger partial charge in [0.2, 0.25) is 0 Å². The van der Waals surface area contributed by atoms with Gasteiger partial charge in [-0.15, -0.1) is 13.2 Å². The average Bonchev–Trinajstić information content (AvgIpc) is 3.10. The van der Waals surface area contributed by atoms with Crippen molar-refractivity contribution in [2.75, 3.05) is 0 Å². The normalized spacial score (nSPS) is 12.8. The molecule has 166 valence electrons. The van der Waals surface area contributed by atoms with E-state index in [1.807, 2.05) is 41.0 Å². The second kappa shape index (κ2) is 9.20. The van der Waals surface area contributed by atoms with Crippen molar-refractivity contribution in [1.82, 2.24) is 14.5 Å². The summed E-state index contributed by atoms with van der Waals surface area (Å²) in [7, 11) is 0. The zero-order chi connectivity index (χ0) is 22.7. The van der Waals surface area contributed by atoms with Crippen molar-refractivity contribution in [2.24, 2.45) is 0 Å². The summed E-state index contributed by atoms with van der Waals surface area (Å²) < 4.78 is 43.2. The highest BCUT2D eigenvalue weighted by Gasteiger charge is 2.31. The van der Waals surface area contributed by atoms with Crippen molar-refractivity contribution < 1.29 is 17.9 Å². The van der Waals surface area contributed by atoms with Crippen molar-refractivity contribution in [2.45, 2.75) is 38.6 Å². The Hall–Kier alpha value is -3.06. The van der Waals surface area contributed by atoms with E-state index in [1.165, 1.54) is 17.7 Å². The predicted molar refractivity (Wildman–Crippen MR) is 118 cm³/mol. The van der Waals surface area contributed by atoms with Crippen LogP contribution < -0.4 is 4.74 Å². The van der Waals surface area contributed by atoms with Crippen LogP contribution in [0.4, 0.5) is 13.2 Å². The highest BCUT2D eigenvalue weighted by Crippen LogP contribution is 2.26. The van der Waals surface area contributed by atoms with Crippen molar-refractivity contribution in [3.63, 3.8) is 0 Å². The van der Waals surface area contributed by atoms with E-state index in [0.29, 0.717) is 17.5 Å². The summed E-state index contributed by atoms with van der Waals surface area (Å²) in [5.41, 5.74) is 3.57. The first-order chi connectivity index (χ1) is 15.3. The molecule has 0 aliphatic rings. The largest absolute Gasteiger partial charge is 0.573 e. The third kappa shape index (κ3) is 5.40. The fourth-order valence-electron chi connectivity index (χ4n) is 3.65. The van der Waals surface area contributed by atoms with E-state index >= 15 is 0 Å². The molecule has 1 unspecified atom stereocenters. The second-order valence-corrected chi connectivity index (χ2v) is 8.08. The number of nitrogens with zero attached hydrogens (tertiary/aromatic N) is 3. The lowest BCUT2D eigenvalue weighted by Crippen LogP contribution is -2.17. The maximum atomic E-state index is 12.4. The summed E-state index contributed by atoms with van der Waals surface area (Å²) in [5.74, 6) is 0.953. The molecule has 2 heterocycles. The predicted octanol–water partition coefficient (Wildman–Crippen LogP) is 6.77. The molecule has 2 aromatic carbocycles. The molecule has 1 atom stereocenters. The van der Waals surface area contributed by atoms with Gasteiger partial charge in [-0.25, -0.2) is 9.97 Å². The van der Waals surface area contributed by atoms with Crippen LogP contribution in [-0.4, -0.2) is 20.9 Å². The van der Waals surface area contributed by atoms with E-state index in [9.17, 15) is 13.2 Å². The summed E-state index contributed by atoms with van der Waals surface area (Å²) in [6.45, 7) is 2.61. The highest BCUT2D eigenvalue weighted by molar-refractivity contribution is 6.30. The van der Waals surface area contributed by atoms with Crippen molar-refractivity contribution in [1.29, 1.82) is 0 Å². The van der Waals surface area contributed by atoms with Gasteiger partial charge in [-0.05, 0) is 59.9 Å². The molecule has 0 saturated carbocycles. The Bertz CT molecular complexity index is 1190. The fraction of sp³-hybridized carbons (Fsp3) is 0.250. The van der Waals surface area contributed by atoms with E-state index in [4.69, 9.17) is 16.6 Å². The van der Waals surface area contributed by atoms with Crippen molar-refractivity contribution in [3.8, 4) is 5.75 Å². The molecule has 0 bridgehead atoms. The first-order valence-electron chi connectivity index (χ1n) is 10.2. The molecule has 0 saturated heterocycles. The summed E-state index contributed by atoms with van der Waals surface area (Å²) in [4.78, 5) is 9.23. The smallest absolute Gasteiger partial charge is 0.406 e. The van der Waals surface area contributed by atoms with Crippen LogP contribution in [0.15, 0.2) is 66.9 Å². The minimum Gasteiger partial charge on any atom is -0.406 e. The molecule has 0 N–H and O–H groups in total. The minimum absolute atomic E-state index is 0.244. The van der Waals surface area contributed by atoms with Crippen LogP contribution >= 0.6 is 11.6 Å². The Balaban J connectivity index is 1.54. The van der Waals surface area contributed by atoms with Crippen LogP contribution in [0.1, 0.15) is 36.2 Å². The molecule has 0 amide bonds. The molecular weight excluding hydrogens is 439 g/mol. The Kier molecular flexibility index (Phi) is 6.37. The number of halogens is 4. The van der Waals surface area contributed by atoms with Gasteiger partial charge < -0.3 is 9.30 Å². The summed E-state index contributed by atoms with van der Waals surface area (Å²) >= 11 is 5.99.